The van der Waals surface area contributed by atoms with Crippen LogP contribution in [0, 0.1) is 11.3 Å². The van der Waals surface area contributed by atoms with E-state index in [0.29, 0.717) is 22.2 Å². The number of aromatic nitrogens is 2. The number of aliphatic hydroxyl groups excluding tert-OH is 1. The number of nitriles is 1. The van der Waals surface area contributed by atoms with E-state index in [-0.39, 0.29) is 6.61 Å². The Morgan fingerprint density at radius 3 is 2.89 bits per heavy atom. The van der Waals surface area contributed by atoms with Crippen molar-refractivity contribution in [3.05, 3.63) is 46.2 Å². The van der Waals surface area contributed by atoms with Gasteiger partial charge in [-0.05, 0) is 31.0 Å². The van der Waals surface area contributed by atoms with Crippen molar-refractivity contribution < 1.29 is 5.11 Å². The van der Waals surface area contributed by atoms with Crippen LogP contribution in [-0.4, -0.2) is 14.9 Å². The van der Waals surface area contributed by atoms with Crippen LogP contribution in [0.2, 0.25) is 5.15 Å². The molecule has 0 atom stereocenters. The van der Waals surface area contributed by atoms with Gasteiger partial charge in [0.05, 0.1) is 29.6 Å². The van der Waals surface area contributed by atoms with Crippen molar-refractivity contribution in [2.75, 3.05) is 0 Å². The van der Waals surface area contributed by atoms with Crippen molar-refractivity contribution in [2.24, 2.45) is 0 Å². The van der Waals surface area contributed by atoms with Crippen LogP contribution in [-0.2, 0) is 6.61 Å². The van der Waals surface area contributed by atoms with Crippen molar-refractivity contribution in [1.29, 1.82) is 5.26 Å². The Hall–Kier alpha value is -1.83. The van der Waals surface area contributed by atoms with Gasteiger partial charge >= 0.3 is 0 Å². The first-order valence-corrected chi connectivity index (χ1v) is 6.51. The Bertz CT molecular complexity index is 668. The highest BCUT2D eigenvalue weighted by atomic mass is 35.5. The van der Waals surface area contributed by atoms with Gasteiger partial charge in [0.1, 0.15) is 5.15 Å². The topological polar surface area (TPSA) is 61.8 Å². The molecule has 0 aliphatic heterocycles. The summed E-state index contributed by atoms with van der Waals surface area (Å²) in [5, 5.41) is 23.3. The van der Waals surface area contributed by atoms with Gasteiger partial charge in [0.25, 0.3) is 0 Å². The van der Waals surface area contributed by atoms with Crippen LogP contribution >= 0.6 is 11.6 Å². The molecular weight excluding hydrogens is 262 g/mol. The van der Waals surface area contributed by atoms with Gasteiger partial charge in [-0.25, -0.2) is 4.68 Å². The smallest absolute Gasteiger partial charge is 0.138 e. The van der Waals surface area contributed by atoms with E-state index in [1.165, 1.54) is 0 Å². The maximum atomic E-state index is 9.45. The molecule has 1 aliphatic carbocycles. The van der Waals surface area contributed by atoms with Gasteiger partial charge in [0, 0.05) is 11.5 Å². The first-order chi connectivity index (χ1) is 9.24. The molecular formula is C14H12ClN3O. The van der Waals surface area contributed by atoms with Crippen molar-refractivity contribution in [1.82, 2.24) is 9.78 Å². The van der Waals surface area contributed by atoms with Gasteiger partial charge in [-0.3, -0.25) is 0 Å². The number of benzene rings is 1. The van der Waals surface area contributed by atoms with Crippen LogP contribution in [0.1, 0.15) is 35.6 Å². The normalized spacial score (nSPS) is 14.4. The molecule has 1 N–H and O–H groups in total. The molecule has 5 heteroatoms. The fourth-order valence-corrected chi connectivity index (χ4v) is 2.45. The van der Waals surface area contributed by atoms with Gasteiger partial charge in [-0.1, -0.05) is 17.7 Å². The molecule has 4 nitrogen and oxygen atoms in total. The van der Waals surface area contributed by atoms with Gasteiger partial charge in [0.15, 0.2) is 0 Å². The summed E-state index contributed by atoms with van der Waals surface area (Å²) in [5.41, 5.74) is 2.88. The van der Waals surface area contributed by atoms with Crippen molar-refractivity contribution in [2.45, 2.75) is 25.4 Å². The van der Waals surface area contributed by atoms with Crippen LogP contribution in [0.4, 0.5) is 0 Å². The first kappa shape index (κ1) is 12.2. The third kappa shape index (κ3) is 2.12. The highest BCUT2D eigenvalue weighted by Gasteiger charge is 2.31. The molecule has 0 unspecified atom stereocenters. The summed E-state index contributed by atoms with van der Waals surface area (Å²) in [7, 11) is 0. The fourth-order valence-electron chi connectivity index (χ4n) is 2.15. The Morgan fingerprint density at radius 1 is 1.47 bits per heavy atom. The predicted molar refractivity (Wildman–Crippen MR) is 71.2 cm³/mol. The zero-order valence-electron chi connectivity index (χ0n) is 10.2. The summed E-state index contributed by atoms with van der Waals surface area (Å²) in [4.78, 5) is 0. The average Bonchev–Trinajstić information content (AvgIpc) is 3.23. The highest BCUT2D eigenvalue weighted by Crippen LogP contribution is 2.43. The minimum Gasteiger partial charge on any atom is -0.391 e. The Balaban J connectivity index is 2.12. The summed E-state index contributed by atoms with van der Waals surface area (Å²) in [6, 6.07) is 9.20. The second-order valence-electron chi connectivity index (χ2n) is 4.66. The lowest BCUT2D eigenvalue weighted by molar-refractivity contribution is 0.280. The highest BCUT2D eigenvalue weighted by molar-refractivity contribution is 6.30. The van der Waals surface area contributed by atoms with Gasteiger partial charge in [-0.15, -0.1) is 0 Å². The summed E-state index contributed by atoms with van der Waals surface area (Å²) in [5.74, 6) is 0.417. The maximum absolute atomic E-state index is 9.45. The lowest BCUT2D eigenvalue weighted by Crippen LogP contribution is -1.97. The van der Waals surface area contributed by atoms with Gasteiger partial charge in [-0.2, -0.15) is 10.4 Å². The number of hydrogen-bond donors (Lipinski definition) is 1. The molecule has 1 aromatic carbocycles. The molecule has 3 rings (SSSR count). The number of nitrogens with zero attached hydrogens (tertiary/aromatic N) is 3. The molecule has 1 aliphatic rings. The molecule has 0 saturated heterocycles. The van der Waals surface area contributed by atoms with Crippen molar-refractivity contribution in [3.63, 3.8) is 0 Å². The monoisotopic (exact) mass is 273 g/mol. The number of aliphatic hydroxyl groups is 1. The van der Waals surface area contributed by atoms with Crippen LogP contribution in [0.3, 0.4) is 0 Å². The summed E-state index contributed by atoms with van der Waals surface area (Å²) in [6.45, 7) is -0.109. The molecule has 0 bridgehead atoms. The Labute approximate surface area is 115 Å². The molecule has 1 aromatic heterocycles. The zero-order valence-corrected chi connectivity index (χ0v) is 10.9. The Kier molecular flexibility index (Phi) is 3.02. The summed E-state index contributed by atoms with van der Waals surface area (Å²) >= 11 is 6.29. The van der Waals surface area contributed by atoms with E-state index in [9.17, 15) is 5.11 Å². The number of halogens is 1. The second kappa shape index (κ2) is 4.69. The molecule has 0 radical (unpaired) electrons. The van der Waals surface area contributed by atoms with Crippen molar-refractivity contribution >= 4 is 11.6 Å². The standard InChI is InChI=1S/C14H12ClN3O/c15-14-12(8-19)13(10-4-5-10)17-18(14)11-3-1-2-9(6-11)7-16/h1-3,6,10,19H,4-5,8H2. The van der Waals surface area contributed by atoms with Crippen LogP contribution < -0.4 is 0 Å². The minimum atomic E-state index is -0.109. The maximum Gasteiger partial charge on any atom is 0.138 e. The van der Waals surface area contributed by atoms with Gasteiger partial charge in [0.2, 0.25) is 0 Å². The molecule has 0 spiro atoms. The Morgan fingerprint density at radius 2 is 2.26 bits per heavy atom. The van der Waals surface area contributed by atoms with E-state index in [1.54, 1.807) is 22.9 Å². The van der Waals surface area contributed by atoms with Crippen LogP contribution in [0.25, 0.3) is 5.69 Å². The van der Waals surface area contributed by atoms with E-state index in [0.717, 1.165) is 24.2 Å². The SMILES string of the molecule is N#Cc1cccc(-n2nc(C3CC3)c(CO)c2Cl)c1. The molecule has 1 fully saturated rings. The second-order valence-corrected chi connectivity index (χ2v) is 5.02. The largest absolute Gasteiger partial charge is 0.391 e. The van der Waals surface area contributed by atoms with Crippen LogP contribution in [0.15, 0.2) is 24.3 Å². The van der Waals surface area contributed by atoms with E-state index in [1.807, 2.05) is 6.07 Å². The van der Waals surface area contributed by atoms with Gasteiger partial charge < -0.3 is 5.11 Å². The molecule has 96 valence electrons. The van der Waals surface area contributed by atoms with Crippen molar-refractivity contribution in [3.8, 4) is 11.8 Å². The van der Waals surface area contributed by atoms with E-state index in [2.05, 4.69) is 11.2 Å². The third-order valence-electron chi connectivity index (χ3n) is 3.29. The van der Waals surface area contributed by atoms with E-state index in [4.69, 9.17) is 16.9 Å². The predicted octanol–water partition coefficient (Wildman–Crippen LogP) is 2.77. The number of hydrogen-bond acceptors (Lipinski definition) is 3. The summed E-state index contributed by atoms with van der Waals surface area (Å²) < 4.78 is 1.60. The average molecular weight is 274 g/mol. The fraction of sp³-hybridized carbons (Fsp3) is 0.286. The van der Waals surface area contributed by atoms with Crippen LogP contribution in [0.5, 0.6) is 0 Å². The summed E-state index contributed by atoms with van der Waals surface area (Å²) in [6.07, 6.45) is 2.19. The lowest BCUT2D eigenvalue weighted by atomic mass is 10.2. The van der Waals surface area contributed by atoms with E-state index >= 15 is 0 Å². The molecule has 1 heterocycles. The molecule has 19 heavy (non-hydrogen) atoms. The molecule has 1 saturated carbocycles. The zero-order chi connectivity index (χ0) is 13.4. The first-order valence-electron chi connectivity index (χ1n) is 6.13. The van der Waals surface area contributed by atoms with E-state index < -0.39 is 0 Å². The molecule has 2 aromatic rings. The molecule has 0 amide bonds. The number of rotatable bonds is 3. The third-order valence-corrected chi connectivity index (χ3v) is 3.68. The minimum absolute atomic E-state index is 0.109. The quantitative estimate of drug-likeness (QED) is 0.935. The lowest BCUT2D eigenvalue weighted by Gasteiger charge is -2.03.